The summed E-state index contributed by atoms with van der Waals surface area (Å²) in [5, 5.41) is 0.648. The van der Waals surface area contributed by atoms with Gasteiger partial charge >= 0.3 is 0 Å². The smallest absolute Gasteiger partial charge is 0.125 e. The van der Waals surface area contributed by atoms with Gasteiger partial charge in [0.1, 0.15) is 11.5 Å². The number of benzene rings is 1. The molecule has 1 unspecified atom stereocenters. The van der Waals surface area contributed by atoms with Gasteiger partial charge in [0.05, 0.1) is 6.04 Å². The summed E-state index contributed by atoms with van der Waals surface area (Å²) >= 11 is 9.55. The number of halogens is 2. The first-order valence-corrected chi connectivity index (χ1v) is 6.58. The predicted octanol–water partition coefficient (Wildman–Crippen LogP) is 4.31. The van der Waals surface area contributed by atoms with Gasteiger partial charge in [-0.3, -0.25) is 0 Å². The normalized spacial score (nSPS) is 12.7. The first kappa shape index (κ1) is 12.7. The van der Waals surface area contributed by atoms with E-state index in [9.17, 15) is 0 Å². The van der Waals surface area contributed by atoms with Crippen LogP contribution in [0.3, 0.4) is 0 Å². The van der Waals surface area contributed by atoms with Crippen LogP contribution in [0.1, 0.15) is 30.0 Å². The quantitative estimate of drug-likeness (QED) is 0.917. The maximum atomic E-state index is 6.16. The molecular formula is C13H13BrClNO. The molecule has 1 aromatic heterocycles. The van der Waals surface area contributed by atoms with Gasteiger partial charge in [0.2, 0.25) is 0 Å². The Bertz CT molecular complexity index is 524. The number of furan rings is 1. The molecule has 2 nitrogen and oxygen atoms in total. The second-order valence-corrected chi connectivity index (χ2v) is 5.12. The minimum absolute atomic E-state index is 0.333. The van der Waals surface area contributed by atoms with Crippen molar-refractivity contribution in [1.82, 2.24) is 0 Å². The number of hydrogen-bond donors (Lipinski definition) is 1. The van der Waals surface area contributed by atoms with Crippen molar-refractivity contribution in [2.75, 3.05) is 0 Å². The zero-order valence-corrected chi connectivity index (χ0v) is 11.8. The third kappa shape index (κ3) is 2.73. The van der Waals surface area contributed by atoms with Crippen LogP contribution < -0.4 is 5.73 Å². The molecule has 1 heterocycles. The van der Waals surface area contributed by atoms with Crippen LogP contribution in [0.25, 0.3) is 0 Å². The molecule has 2 rings (SSSR count). The van der Waals surface area contributed by atoms with Gasteiger partial charge in [0, 0.05) is 15.9 Å². The summed E-state index contributed by atoms with van der Waals surface area (Å²) in [7, 11) is 0. The maximum Gasteiger partial charge on any atom is 0.125 e. The minimum atomic E-state index is -0.333. The maximum absolute atomic E-state index is 6.16. The molecule has 0 fully saturated rings. The lowest BCUT2D eigenvalue weighted by Crippen LogP contribution is -2.11. The monoisotopic (exact) mass is 313 g/mol. The van der Waals surface area contributed by atoms with Gasteiger partial charge in [-0.05, 0) is 35.9 Å². The largest absolute Gasteiger partial charge is 0.464 e. The molecule has 0 spiro atoms. The molecule has 4 heteroatoms. The van der Waals surface area contributed by atoms with Crippen molar-refractivity contribution in [3.8, 4) is 0 Å². The third-order valence-electron chi connectivity index (χ3n) is 2.63. The molecule has 0 aliphatic carbocycles. The van der Waals surface area contributed by atoms with E-state index >= 15 is 0 Å². The van der Waals surface area contributed by atoms with E-state index in [1.165, 1.54) is 0 Å². The lowest BCUT2D eigenvalue weighted by molar-refractivity contribution is 0.454. The standard InChI is InChI=1S/C13H13BrClNO/c1-2-9-4-6-12(17-9)13(16)10-7-8(14)3-5-11(10)15/h3-7,13H,2,16H2,1H3. The van der Waals surface area contributed by atoms with Crippen LogP contribution in [0.4, 0.5) is 0 Å². The Morgan fingerprint density at radius 2 is 2.12 bits per heavy atom. The number of nitrogens with two attached hydrogens (primary N) is 1. The van der Waals surface area contributed by atoms with Crippen molar-refractivity contribution in [3.05, 3.63) is 56.9 Å². The van der Waals surface area contributed by atoms with E-state index in [1.54, 1.807) is 0 Å². The Kier molecular flexibility index (Phi) is 3.92. The molecule has 0 saturated carbocycles. The van der Waals surface area contributed by atoms with Crippen molar-refractivity contribution in [3.63, 3.8) is 0 Å². The highest BCUT2D eigenvalue weighted by atomic mass is 79.9. The summed E-state index contributed by atoms with van der Waals surface area (Å²) in [4.78, 5) is 0. The van der Waals surface area contributed by atoms with Gasteiger partial charge < -0.3 is 10.2 Å². The lowest BCUT2D eigenvalue weighted by atomic mass is 10.1. The molecule has 0 saturated heterocycles. The Labute approximate surface area is 114 Å². The summed E-state index contributed by atoms with van der Waals surface area (Å²) in [6.07, 6.45) is 0.860. The van der Waals surface area contributed by atoms with Gasteiger partial charge in [-0.15, -0.1) is 0 Å². The zero-order valence-electron chi connectivity index (χ0n) is 9.41. The van der Waals surface area contributed by atoms with Gasteiger partial charge in [0.15, 0.2) is 0 Å². The van der Waals surface area contributed by atoms with Crippen molar-refractivity contribution in [2.45, 2.75) is 19.4 Å². The van der Waals surface area contributed by atoms with Gasteiger partial charge in [0.25, 0.3) is 0 Å². The fourth-order valence-electron chi connectivity index (χ4n) is 1.66. The Morgan fingerprint density at radius 1 is 1.35 bits per heavy atom. The Balaban J connectivity index is 2.35. The molecule has 2 N–H and O–H groups in total. The topological polar surface area (TPSA) is 39.2 Å². The van der Waals surface area contributed by atoms with Crippen LogP contribution in [0.5, 0.6) is 0 Å². The average molecular weight is 315 g/mol. The lowest BCUT2D eigenvalue weighted by Gasteiger charge is -2.11. The molecule has 90 valence electrons. The van der Waals surface area contributed by atoms with E-state index in [0.717, 1.165) is 28.0 Å². The van der Waals surface area contributed by atoms with E-state index in [-0.39, 0.29) is 6.04 Å². The molecule has 0 aliphatic rings. The Hall–Kier alpha value is -0.770. The van der Waals surface area contributed by atoms with Crippen molar-refractivity contribution in [2.24, 2.45) is 5.73 Å². The summed E-state index contributed by atoms with van der Waals surface area (Å²) in [5.74, 6) is 1.67. The molecular weight excluding hydrogens is 302 g/mol. The van der Waals surface area contributed by atoms with Gasteiger partial charge in [-0.25, -0.2) is 0 Å². The molecule has 0 radical (unpaired) electrons. The second kappa shape index (κ2) is 5.25. The van der Waals surface area contributed by atoms with Crippen LogP contribution in [-0.2, 0) is 6.42 Å². The molecule has 2 aromatic rings. The SMILES string of the molecule is CCc1ccc(C(N)c2cc(Br)ccc2Cl)o1. The summed E-state index contributed by atoms with van der Waals surface area (Å²) < 4.78 is 6.60. The van der Waals surface area contributed by atoms with Crippen LogP contribution in [0, 0.1) is 0 Å². The van der Waals surface area contributed by atoms with Gasteiger partial charge in [-0.2, -0.15) is 0 Å². The molecule has 0 amide bonds. The first-order valence-electron chi connectivity index (χ1n) is 5.41. The first-order chi connectivity index (χ1) is 8.11. The number of rotatable bonds is 3. The van der Waals surface area contributed by atoms with E-state index in [2.05, 4.69) is 15.9 Å². The van der Waals surface area contributed by atoms with Crippen LogP contribution in [0.2, 0.25) is 5.02 Å². The fourth-order valence-corrected chi connectivity index (χ4v) is 2.27. The van der Waals surface area contributed by atoms with Crippen molar-refractivity contribution >= 4 is 27.5 Å². The summed E-state index contributed by atoms with van der Waals surface area (Å²) in [5.41, 5.74) is 7.01. The molecule has 1 atom stereocenters. The van der Waals surface area contributed by atoms with Crippen molar-refractivity contribution in [1.29, 1.82) is 0 Å². The van der Waals surface area contributed by atoms with Crippen LogP contribution >= 0.6 is 27.5 Å². The van der Waals surface area contributed by atoms with E-state index < -0.39 is 0 Å². The fraction of sp³-hybridized carbons (Fsp3) is 0.231. The van der Waals surface area contributed by atoms with Crippen molar-refractivity contribution < 1.29 is 4.42 Å². The highest BCUT2D eigenvalue weighted by Gasteiger charge is 2.16. The zero-order chi connectivity index (χ0) is 12.4. The highest BCUT2D eigenvalue weighted by Crippen LogP contribution is 2.30. The summed E-state index contributed by atoms with van der Waals surface area (Å²) in [6.45, 7) is 2.04. The second-order valence-electron chi connectivity index (χ2n) is 3.80. The molecule has 0 bridgehead atoms. The van der Waals surface area contributed by atoms with Gasteiger partial charge in [-0.1, -0.05) is 34.5 Å². The Morgan fingerprint density at radius 3 is 2.76 bits per heavy atom. The van der Waals surface area contributed by atoms with Crippen LogP contribution in [-0.4, -0.2) is 0 Å². The molecule has 0 aliphatic heterocycles. The molecule has 1 aromatic carbocycles. The predicted molar refractivity (Wildman–Crippen MR) is 73.3 cm³/mol. The van der Waals surface area contributed by atoms with E-state index in [1.807, 2.05) is 37.3 Å². The summed E-state index contributed by atoms with van der Waals surface area (Å²) in [6, 6.07) is 9.14. The number of hydrogen-bond acceptors (Lipinski definition) is 2. The highest BCUT2D eigenvalue weighted by molar-refractivity contribution is 9.10. The van der Waals surface area contributed by atoms with E-state index in [0.29, 0.717) is 5.02 Å². The van der Waals surface area contributed by atoms with Crippen LogP contribution in [0.15, 0.2) is 39.2 Å². The minimum Gasteiger partial charge on any atom is -0.464 e. The average Bonchev–Trinajstić information content (AvgIpc) is 2.80. The van der Waals surface area contributed by atoms with E-state index in [4.69, 9.17) is 21.8 Å². The third-order valence-corrected chi connectivity index (χ3v) is 3.47. The molecule has 17 heavy (non-hydrogen) atoms. The number of aryl methyl sites for hydroxylation is 1.